The van der Waals surface area contributed by atoms with Crippen LogP contribution in [0.4, 0.5) is 0 Å². The molecule has 0 radical (unpaired) electrons. The minimum Gasteiger partial charge on any atom is -0.369 e. The first kappa shape index (κ1) is 19.4. The summed E-state index contributed by atoms with van der Waals surface area (Å²) in [4.78, 5) is 14.0. The minimum atomic E-state index is -1.19. The van der Waals surface area contributed by atoms with Gasteiger partial charge in [-0.25, -0.2) is 8.51 Å². The van der Waals surface area contributed by atoms with Gasteiger partial charge in [0, 0.05) is 13.1 Å². The number of alkyl halides is 1. The van der Waals surface area contributed by atoms with E-state index in [1.165, 1.54) is 0 Å². The molecule has 5 nitrogen and oxygen atoms in total. The Balaban J connectivity index is 0.00000100. The van der Waals surface area contributed by atoms with Crippen LogP contribution in [0.25, 0.3) is 0 Å². The molecule has 7 heteroatoms. The lowest BCUT2D eigenvalue weighted by atomic mass is 9.92. The number of carbonyl (C=O) groups is 1. The molecule has 134 valence electrons. The van der Waals surface area contributed by atoms with Crippen LogP contribution in [0.2, 0.25) is 0 Å². The Hall–Kier alpha value is -0.950. The van der Waals surface area contributed by atoms with Crippen molar-refractivity contribution in [1.82, 2.24) is 9.21 Å². The number of aryl methyl sites for hydroxylation is 1. The normalized spacial score (nSPS) is 20.8. The highest BCUT2D eigenvalue weighted by Crippen LogP contribution is 2.30. The van der Waals surface area contributed by atoms with Gasteiger partial charge in [-0.3, -0.25) is 4.79 Å². The van der Waals surface area contributed by atoms with Crippen molar-refractivity contribution in [2.24, 2.45) is 0 Å². The highest BCUT2D eigenvalue weighted by atomic mass is 35.5. The summed E-state index contributed by atoms with van der Waals surface area (Å²) in [7, 11) is -1.19. The second-order valence-corrected chi connectivity index (χ2v) is 7.59. The summed E-state index contributed by atoms with van der Waals surface area (Å²) in [5.41, 5.74) is 0.758. The third-order valence-electron chi connectivity index (χ3n) is 4.10. The Kier molecular flexibility index (Phi) is 6.80. The van der Waals surface area contributed by atoms with Crippen molar-refractivity contribution in [3.63, 3.8) is 0 Å². The van der Waals surface area contributed by atoms with Crippen LogP contribution in [-0.4, -0.2) is 63.6 Å². The molecule has 1 aromatic rings. The molecular weight excluding hydrogens is 348 g/mol. The van der Waals surface area contributed by atoms with Crippen LogP contribution in [0.1, 0.15) is 19.4 Å². The maximum absolute atomic E-state index is 12.7. The van der Waals surface area contributed by atoms with E-state index in [0.717, 1.165) is 10.5 Å². The van der Waals surface area contributed by atoms with Crippen LogP contribution < -0.4 is 0 Å². The van der Waals surface area contributed by atoms with E-state index >= 15 is 0 Å². The molecule has 0 saturated carbocycles. The molecular formula is C17H25ClN2O3S. The minimum absolute atomic E-state index is 0.00487. The highest BCUT2D eigenvalue weighted by Gasteiger charge is 2.49. The van der Waals surface area contributed by atoms with Crippen molar-refractivity contribution >= 4 is 28.5 Å². The Morgan fingerprint density at radius 1 is 1.25 bits per heavy atom. The van der Waals surface area contributed by atoms with Gasteiger partial charge in [0.1, 0.15) is 22.5 Å². The van der Waals surface area contributed by atoms with Gasteiger partial charge in [-0.1, -0.05) is 31.5 Å². The number of morpholine rings is 1. The van der Waals surface area contributed by atoms with Crippen LogP contribution in [-0.2, 0) is 20.5 Å². The molecule has 0 bridgehead atoms. The van der Waals surface area contributed by atoms with E-state index in [-0.39, 0.29) is 17.4 Å². The molecule has 1 aromatic carbocycles. The first-order chi connectivity index (χ1) is 11.5. The topological polar surface area (TPSA) is 49.9 Å². The van der Waals surface area contributed by atoms with Crippen molar-refractivity contribution in [2.45, 2.75) is 31.3 Å². The van der Waals surface area contributed by atoms with Crippen molar-refractivity contribution < 1.29 is 13.7 Å². The number of likely N-dealkylation sites (tertiary alicyclic amines) is 1. The number of benzene rings is 1. The first-order valence-electron chi connectivity index (χ1n) is 8.24. The van der Waals surface area contributed by atoms with Crippen LogP contribution >= 0.6 is 11.6 Å². The van der Waals surface area contributed by atoms with Crippen molar-refractivity contribution in [1.29, 1.82) is 0 Å². The predicted molar refractivity (Wildman–Crippen MR) is 96.5 cm³/mol. The Bertz CT molecular complexity index is 588. The molecule has 1 amide bonds. The second kappa shape index (κ2) is 8.43. The number of carbonyl (C=O) groups excluding carboxylic acids is 1. The van der Waals surface area contributed by atoms with E-state index in [1.54, 1.807) is 4.90 Å². The van der Waals surface area contributed by atoms with Gasteiger partial charge in [-0.15, -0.1) is 11.6 Å². The third kappa shape index (κ3) is 4.17. The SMILES string of the molecule is CC.Cc1ccc(S(=O)N2CCOC3(CN(C(=O)CCl)C3)C2)cc1. The molecule has 24 heavy (non-hydrogen) atoms. The Labute approximate surface area is 151 Å². The van der Waals surface area contributed by atoms with Crippen LogP contribution in [0.5, 0.6) is 0 Å². The number of rotatable bonds is 3. The maximum atomic E-state index is 12.7. The van der Waals surface area contributed by atoms with E-state index in [4.69, 9.17) is 16.3 Å². The maximum Gasteiger partial charge on any atom is 0.237 e. The summed E-state index contributed by atoms with van der Waals surface area (Å²) in [6.07, 6.45) is 0. The van der Waals surface area contributed by atoms with Crippen molar-refractivity contribution in [3.05, 3.63) is 29.8 Å². The summed E-state index contributed by atoms with van der Waals surface area (Å²) in [6.45, 7) is 8.79. The predicted octanol–water partition coefficient (Wildman–Crippen LogP) is 2.20. The smallest absolute Gasteiger partial charge is 0.237 e. The summed E-state index contributed by atoms with van der Waals surface area (Å²) in [5.74, 6) is -0.0811. The molecule has 2 aliphatic rings. The fraction of sp³-hybridized carbons (Fsp3) is 0.588. The zero-order valence-corrected chi connectivity index (χ0v) is 16.0. The number of hydrogen-bond donors (Lipinski definition) is 0. The quantitative estimate of drug-likeness (QED) is 0.764. The molecule has 2 aliphatic heterocycles. The van der Waals surface area contributed by atoms with Crippen LogP contribution in [0.3, 0.4) is 0 Å². The summed E-state index contributed by atoms with van der Waals surface area (Å²) in [5, 5.41) is 0. The van der Waals surface area contributed by atoms with Gasteiger partial charge in [0.2, 0.25) is 5.91 Å². The monoisotopic (exact) mass is 372 g/mol. The molecule has 0 aliphatic carbocycles. The van der Waals surface area contributed by atoms with E-state index in [9.17, 15) is 9.00 Å². The van der Waals surface area contributed by atoms with Crippen molar-refractivity contribution in [2.75, 3.05) is 38.7 Å². The van der Waals surface area contributed by atoms with Crippen molar-refractivity contribution in [3.8, 4) is 0 Å². The molecule has 1 atom stereocenters. The van der Waals surface area contributed by atoms with Gasteiger partial charge in [-0.05, 0) is 19.1 Å². The standard InChI is InChI=1S/C15H19ClN2O3S.C2H6/c1-12-2-4-13(5-3-12)22(20)18-6-7-21-15(11-18)9-17(10-15)14(19)8-16;1-2/h2-5H,6-11H2,1H3;1-2H3. The highest BCUT2D eigenvalue weighted by molar-refractivity contribution is 7.82. The molecule has 2 heterocycles. The largest absolute Gasteiger partial charge is 0.369 e. The van der Waals surface area contributed by atoms with E-state index < -0.39 is 11.0 Å². The average Bonchev–Trinajstić information content (AvgIpc) is 2.61. The van der Waals surface area contributed by atoms with Gasteiger partial charge < -0.3 is 9.64 Å². The lowest BCUT2D eigenvalue weighted by molar-refractivity contribution is -0.181. The van der Waals surface area contributed by atoms with E-state index in [2.05, 4.69) is 0 Å². The third-order valence-corrected chi connectivity index (χ3v) is 5.78. The summed E-state index contributed by atoms with van der Waals surface area (Å²) < 4.78 is 20.5. The van der Waals surface area contributed by atoms with E-state index in [1.807, 2.05) is 49.3 Å². The molecule has 2 saturated heterocycles. The molecule has 0 aromatic heterocycles. The fourth-order valence-corrected chi connectivity index (χ4v) is 4.29. The molecule has 1 spiro atoms. The summed E-state index contributed by atoms with van der Waals surface area (Å²) in [6, 6.07) is 7.73. The first-order valence-corrected chi connectivity index (χ1v) is 9.88. The fourth-order valence-electron chi connectivity index (χ4n) is 2.86. The van der Waals surface area contributed by atoms with Gasteiger partial charge in [-0.2, -0.15) is 0 Å². The molecule has 1 unspecified atom stereocenters. The average molecular weight is 373 g/mol. The molecule has 2 fully saturated rings. The number of amides is 1. The Morgan fingerprint density at radius 3 is 2.46 bits per heavy atom. The number of ether oxygens (including phenoxy) is 1. The Morgan fingerprint density at radius 2 is 1.88 bits per heavy atom. The van der Waals surface area contributed by atoms with Crippen LogP contribution in [0, 0.1) is 6.92 Å². The number of nitrogens with zero attached hydrogens (tertiary/aromatic N) is 2. The lowest BCUT2D eigenvalue weighted by Crippen LogP contribution is -2.71. The molecule has 3 rings (SSSR count). The lowest BCUT2D eigenvalue weighted by Gasteiger charge is -2.53. The van der Waals surface area contributed by atoms with Gasteiger partial charge in [0.15, 0.2) is 0 Å². The van der Waals surface area contributed by atoms with E-state index in [0.29, 0.717) is 32.8 Å². The van der Waals surface area contributed by atoms with Crippen LogP contribution in [0.15, 0.2) is 29.2 Å². The van der Waals surface area contributed by atoms with Gasteiger partial charge >= 0.3 is 0 Å². The number of hydrogen-bond acceptors (Lipinski definition) is 3. The zero-order chi connectivity index (χ0) is 17.7. The zero-order valence-electron chi connectivity index (χ0n) is 14.5. The second-order valence-electron chi connectivity index (χ2n) is 5.84. The summed E-state index contributed by atoms with van der Waals surface area (Å²) >= 11 is 5.57. The molecule has 0 N–H and O–H groups in total. The number of halogens is 1. The van der Waals surface area contributed by atoms with Gasteiger partial charge in [0.05, 0.1) is 24.6 Å². The van der Waals surface area contributed by atoms with Gasteiger partial charge in [0.25, 0.3) is 0 Å².